The highest BCUT2D eigenvalue weighted by atomic mass is 19.1. The first kappa shape index (κ1) is 24.3. The summed E-state index contributed by atoms with van der Waals surface area (Å²) in [5.41, 5.74) is 3.70. The molecule has 0 N–H and O–H groups in total. The zero-order chi connectivity index (χ0) is 24.8. The van der Waals surface area contributed by atoms with Gasteiger partial charge in [0.15, 0.2) is 0 Å². The molecule has 0 spiro atoms. The van der Waals surface area contributed by atoms with Gasteiger partial charge in [-0.25, -0.2) is 13.6 Å². The summed E-state index contributed by atoms with van der Waals surface area (Å²) in [4.78, 5) is 12.5. The van der Waals surface area contributed by atoms with Crippen molar-refractivity contribution in [2.24, 2.45) is 0 Å². The molecule has 35 heavy (non-hydrogen) atoms. The molecule has 0 aliphatic carbocycles. The van der Waals surface area contributed by atoms with E-state index >= 15 is 0 Å². The molecule has 2 nitrogen and oxygen atoms in total. The lowest BCUT2D eigenvalue weighted by atomic mass is 9.92. The Bertz CT molecular complexity index is 1260. The molecule has 0 aliphatic rings. The molecule has 4 aromatic carbocycles. The molecule has 0 bridgehead atoms. The molecular weight excluding hydrogens is 442 g/mol. The van der Waals surface area contributed by atoms with Crippen LogP contribution >= 0.6 is 0 Å². The predicted molar refractivity (Wildman–Crippen MR) is 136 cm³/mol. The molecule has 0 unspecified atom stereocenters. The van der Waals surface area contributed by atoms with E-state index in [1.165, 1.54) is 17.7 Å². The predicted octanol–water partition coefficient (Wildman–Crippen LogP) is 8.15. The number of carbonyl (C=O) groups excluding carboxylic acids is 1. The summed E-state index contributed by atoms with van der Waals surface area (Å²) in [5.74, 6) is -1.17. The van der Waals surface area contributed by atoms with E-state index in [4.69, 9.17) is 4.74 Å². The van der Waals surface area contributed by atoms with Crippen molar-refractivity contribution in [2.75, 3.05) is 0 Å². The highest BCUT2D eigenvalue weighted by molar-refractivity contribution is 5.91. The summed E-state index contributed by atoms with van der Waals surface area (Å²) in [7, 11) is 0. The van der Waals surface area contributed by atoms with Gasteiger partial charge in [-0.1, -0.05) is 74.9 Å². The summed E-state index contributed by atoms with van der Waals surface area (Å²) in [6, 6.07) is 26.4. The maximum absolute atomic E-state index is 14.9. The molecule has 0 aliphatic heterocycles. The number of benzene rings is 4. The minimum Gasteiger partial charge on any atom is -0.423 e. The third-order valence-electron chi connectivity index (χ3n) is 6.15. The summed E-state index contributed by atoms with van der Waals surface area (Å²) in [5, 5.41) is 0. The van der Waals surface area contributed by atoms with Crippen LogP contribution in [0.1, 0.15) is 53.2 Å². The van der Waals surface area contributed by atoms with Crippen molar-refractivity contribution in [1.29, 1.82) is 0 Å². The van der Waals surface area contributed by atoms with E-state index in [1.54, 1.807) is 36.4 Å². The lowest BCUT2D eigenvalue weighted by Gasteiger charge is -2.14. The second-order valence-corrected chi connectivity index (χ2v) is 8.80. The molecule has 4 aromatic rings. The topological polar surface area (TPSA) is 26.3 Å². The number of hydrogen-bond donors (Lipinski definition) is 0. The zero-order valence-electron chi connectivity index (χ0n) is 19.9. The summed E-state index contributed by atoms with van der Waals surface area (Å²) in [6.45, 7) is 4.07. The third kappa shape index (κ3) is 6.02. The Labute approximate surface area is 205 Å². The van der Waals surface area contributed by atoms with Crippen LogP contribution in [-0.2, 0) is 12.8 Å². The van der Waals surface area contributed by atoms with E-state index in [0.717, 1.165) is 18.4 Å². The molecule has 0 aromatic heterocycles. The zero-order valence-corrected chi connectivity index (χ0v) is 19.9. The van der Waals surface area contributed by atoms with Gasteiger partial charge in [0.25, 0.3) is 0 Å². The number of aryl methyl sites for hydroxylation is 1. The van der Waals surface area contributed by atoms with E-state index in [9.17, 15) is 13.6 Å². The number of ether oxygens (including phenoxy) is 1. The Kier molecular flexibility index (Phi) is 7.71. The van der Waals surface area contributed by atoms with Crippen LogP contribution in [-0.4, -0.2) is 5.97 Å². The first-order chi connectivity index (χ1) is 16.9. The number of rotatable bonds is 8. The molecule has 178 valence electrons. The van der Waals surface area contributed by atoms with Crippen LogP contribution in [0.5, 0.6) is 5.75 Å². The van der Waals surface area contributed by atoms with Gasteiger partial charge in [-0.15, -0.1) is 0 Å². The molecule has 0 radical (unpaired) electrons. The first-order valence-corrected chi connectivity index (χ1v) is 11.9. The van der Waals surface area contributed by atoms with Gasteiger partial charge < -0.3 is 4.74 Å². The van der Waals surface area contributed by atoms with Crippen LogP contribution < -0.4 is 4.74 Å². The smallest absolute Gasteiger partial charge is 0.343 e. The SMILES string of the molecule is CCCc1ccc(OC(=O)c2ccc(-c3cc(F)c(C[C@@H](C)c4ccccc4)c(F)c3)cc2)cc1. The number of hydrogen-bond acceptors (Lipinski definition) is 2. The van der Waals surface area contributed by atoms with Crippen LogP contribution in [0.15, 0.2) is 91.0 Å². The average molecular weight is 471 g/mol. The van der Waals surface area contributed by atoms with Crippen LogP contribution in [0, 0.1) is 11.6 Å². The Morgan fingerprint density at radius 1 is 0.829 bits per heavy atom. The van der Waals surface area contributed by atoms with Gasteiger partial charge >= 0.3 is 5.97 Å². The van der Waals surface area contributed by atoms with Gasteiger partial charge in [0, 0.05) is 5.56 Å². The maximum Gasteiger partial charge on any atom is 0.343 e. The van der Waals surface area contributed by atoms with E-state index in [2.05, 4.69) is 6.92 Å². The van der Waals surface area contributed by atoms with Crippen molar-refractivity contribution in [3.63, 3.8) is 0 Å². The second-order valence-electron chi connectivity index (χ2n) is 8.80. The van der Waals surface area contributed by atoms with Crippen LogP contribution in [0.4, 0.5) is 8.78 Å². The lowest BCUT2D eigenvalue weighted by molar-refractivity contribution is 0.0734. The Balaban J connectivity index is 1.46. The minimum atomic E-state index is -0.571. The largest absolute Gasteiger partial charge is 0.423 e. The highest BCUT2D eigenvalue weighted by Gasteiger charge is 2.17. The first-order valence-electron chi connectivity index (χ1n) is 11.9. The third-order valence-corrected chi connectivity index (χ3v) is 6.15. The van der Waals surface area contributed by atoms with Gasteiger partial charge in [0.1, 0.15) is 17.4 Å². The van der Waals surface area contributed by atoms with E-state index in [0.29, 0.717) is 22.4 Å². The minimum absolute atomic E-state index is 0.0146. The van der Waals surface area contributed by atoms with Gasteiger partial charge in [-0.05, 0) is 77.4 Å². The molecule has 0 fully saturated rings. The summed E-state index contributed by atoms with van der Waals surface area (Å²) in [6.07, 6.45) is 2.30. The molecule has 0 saturated carbocycles. The molecule has 0 amide bonds. The van der Waals surface area contributed by atoms with Crippen LogP contribution in [0.2, 0.25) is 0 Å². The van der Waals surface area contributed by atoms with E-state index < -0.39 is 17.6 Å². The second kappa shape index (κ2) is 11.1. The molecule has 4 rings (SSSR count). The van der Waals surface area contributed by atoms with E-state index in [1.807, 2.05) is 49.4 Å². The van der Waals surface area contributed by atoms with Crippen LogP contribution in [0.25, 0.3) is 11.1 Å². The van der Waals surface area contributed by atoms with Crippen LogP contribution in [0.3, 0.4) is 0 Å². The summed E-state index contributed by atoms with van der Waals surface area (Å²) >= 11 is 0. The molecular formula is C31H28F2O2. The Morgan fingerprint density at radius 2 is 1.46 bits per heavy atom. The van der Waals surface area contributed by atoms with Gasteiger partial charge in [-0.3, -0.25) is 0 Å². The quantitative estimate of drug-likeness (QED) is 0.192. The van der Waals surface area contributed by atoms with Gasteiger partial charge in [0.05, 0.1) is 5.56 Å². The van der Waals surface area contributed by atoms with Gasteiger partial charge in [-0.2, -0.15) is 0 Å². The number of carbonyl (C=O) groups is 1. The Morgan fingerprint density at radius 3 is 2.06 bits per heavy atom. The van der Waals surface area contributed by atoms with Crippen molar-refractivity contribution in [1.82, 2.24) is 0 Å². The Hall–Kier alpha value is -3.79. The normalized spacial score (nSPS) is 11.8. The average Bonchev–Trinajstić information content (AvgIpc) is 2.88. The van der Waals surface area contributed by atoms with Gasteiger partial charge in [0.2, 0.25) is 0 Å². The van der Waals surface area contributed by atoms with Crippen molar-refractivity contribution >= 4 is 5.97 Å². The fraction of sp³-hybridized carbons (Fsp3) is 0.194. The van der Waals surface area contributed by atoms with Crippen molar-refractivity contribution in [2.45, 2.75) is 39.0 Å². The lowest BCUT2D eigenvalue weighted by Crippen LogP contribution is -2.08. The highest BCUT2D eigenvalue weighted by Crippen LogP contribution is 2.29. The fourth-order valence-electron chi connectivity index (χ4n) is 4.15. The van der Waals surface area contributed by atoms with Crippen molar-refractivity contribution in [3.05, 3.63) is 125 Å². The molecule has 0 heterocycles. The molecule has 1 atom stereocenters. The fourth-order valence-corrected chi connectivity index (χ4v) is 4.15. The maximum atomic E-state index is 14.9. The number of esters is 1. The summed E-state index contributed by atoms with van der Waals surface area (Å²) < 4.78 is 35.2. The monoisotopic (exact) mass is 470 g/mol. The molecule has 4 heteroatoms. The van der Waals surface area contributed by atoms with Crippen molar-refractivity contribution in [3.8, 4) is 16.9 Å². The number of halogens is 2. The molecule has 0 saturated heterocycles. The van der Waals surface area contributed by atoms with E-state index in [-0.39, 0.29) is 17.9 Å². The van der Waals surface area contributed by atoms with Crippen molar-refractivity contribution < 1.29 is 18.3 Å². The standard InChI is InChI=1S/C31H28F2O2/c1-3-7-22-10-16-27(17-11-22)35-31(34)25-14-12-24(13-15-25)26-19-29(32)28(30(33)20-26)18-21(2)23-8-5-4-6-9-23/h4-6,8-17,19-21H,3,7,18H2,1-2H3/t21-/m1/s1.